The van der Waals surface area contributed by atoms with Crippen LogP contribution in [0.3, 0.4) is 0 Å². The van der Waals surface area contributed by atoms with Gasteiger partial charge in [0.05, 0.1) is 0 Å². The minimum atomic E-state index is -1.81. The van der Waals surface area contributed by atoms with Gasteiger partial charge in [-0.15, -0.1) is 0 Å². The molecule has 0 bridgehead atoms. The van der Waals surface area contributed by atoms with Gasteiger partial charge in [0.2, 0.25) is 5.91 Å². The Labute approximate surface area is 194 Å². The minimum absolute atomic E-state index is 0.190. The van der Waals surface area contributed by atoms with E-state index in [1.54, 1.807) is 0 Å². The predicted octanol–water partition coefficient (Wildman–Crippen LogP) is 6.89. The lowest BCUT2D eigenvalue weighted by molar-refractivity contribution is -0.132. The van der Waals surface area contributed by atoms with Gasteiger partial charge in [-0.05, 0) is 74.8 Å². The van der Waals surface area contributed by atoms with E-state index in [0.717, 1.165) is 50.8 Å². The van der Waals surface area contributed by atoms with Crippen molar-refractivity contribution in [2.75, 3.05) is 19.8 Å². The molecule has 2 aliphatic rings. The van der Waals surface area contributed by atoms with Crippen LogP contribution in [0.5, 0.6) is 0 Å². The maximum atomic E-state index is 13.4. The van der Waals surface area contributed by atoms with E-state index < -0.39 is 16.6 Å². The van der Waals surface area contributed by atoms with E-state index >= 15 is 0 Å². The molecule has 0 aromatic heterocycles. The summed E-state index contributed by atoms with van der Waals surface area (Å²) in [5.41, 5.74) is 2.36. The monoisotopic (exact) mass is 467 g/mol. The fraction of sp³-hybridized carbons (Fsp3) is 0.880. The van der Waals surface area contributed by atoms with Gasteiger partial charge in [-0.1, -0.05) is 47.1 Å². The molecule has 1 saturated heterocycles. The molecule has 2 heterocycles. The zero-order valence-electron chi connectivity index (χ0n) is 22.1. The van der Waals surface area contributed by atoms with Gasteiger partial charge in [0.1, 0.15) is 0 Å². The molecule has 0 radical (unpaired) electrons. The van der Waals surface area contributed by atoms with Gasteiger partial charge < -0.3 is 13.8 Å². The molecule has 31 heavy (non-hydrogen) atoms. The first-order chi connectivity index (χ1) is 14.1. The van der Waals surface area contributed by atoms with E-state index in [1.807, 2.05) is 0 Å². The minimum Gasteiger partial charge on any atom is -0.417 e. The number of carbonyl (C=O) groups is 1. The van der Waals surface area contributed by atoms with Gasteiger partial charge >= 0.3 is 0 Å². The summed E-state index contributed by atoms with van der Waals surface area (Å²) in [7, 11) is -3.58. The first kappa shape index (κ1) is 26.8. The van der Waals surface area contributed by atoms with Crippen LogP contribution in [0, 0.1) is 0 Å². The molecule has 0 aliphatic carbocycles. The van der Waals surface area contributed by atoms with E-state index in [1.165, 1.54) is 12.0 Å². The normalized spacial score (nSPS) is 21.5. The van der Waals surface area contributed by atoms with E-state index in [-0.39, 0.29) is 16.0 Å². The zero-order valence-corrected chi connectivity index (χ0v) is 24.1. The van der Waals surface area contributed by atoms with E-state index in [9.17, 15) is 4.79 Å². The quantitative estimate of drug-likeness (QED) is 0.365. The van der Waals surface area contributed by atoms with Crippen molar-refractivity contribution in [3.05, 3.63) is 11.1 Å². The van der Waals surface area contributed by atoms with Crippen molar-refractivity contribution in [3.8, 4) is 0 Å². The lowest BCUT2D eigenvalue weighted by atomic mass is 9.85. The fourth-order valence-electron chi connectivity index (χ4n) is 4.02. The van der Waals surface area contributed by atoms with Crippen LogP contribution in [0.1, 0.15) is 80.1 Å². The molecule has 1 amide bonds. The van der Waals surface area contributed by atoms with Crippen molar-refractivity contribution in [2.45, 2.75) is 122 Å². The van der Waals surface area contributed by atoms with Gasteiger partial charge in [0, 0.05) is 31.4 Å². The van der Waals surface area contributed by atoms with Crippen molar-refractivity contribution in [1.82, 2.24) is 4.90 Å². The third kappa shape index (κ3) is 6.55. The van der Waals surface area contributed by atoms with Gasteiger partial charge in [-0.25, -0.2) is 0 Å². The molecule has 1 atom stereocenters. The summed E-state index contributed by atoms with van der Waals surface area (Å²) < 4.78 is 12.9. The number of fused-ring (bicyclic) bond motifs is 1. The largest absolute Gasteiger partial charge is 0.417 e. The average molecular weight is 468 g/mol. The lowest BCUT2D eigenvalue weighted by Gasteiger charge is -2.42. The summed E-state index contributed by atoms with van der Waals surface area (Å²) >= 11 is 0. The molecule has 0 saturated carbocycles. The molecular formula is C25H49NO3Si2. The first-order valence-electron chi connectivity index (χ1n) is 12.4. The number of carbonyl (C=O) groups excluding carboxylic acids is 1. The number of nitrogens with zero attached hydrogens (tertiary/aromatic N) is 1. The third-order valence-corrected chi connectivity index (χ3v) is 17.4. The summed E-state index contributed by atoms with van der Waals surface area (Å²) in [4.78, 5) is 15.6. The topological polar surface area (TPSA) is 38.8 Å². The highest BCUT2D eigenvalue weighted by Crippen LogP contribution is 2.39. The Morgan fingerprint density at radius 1 is 0.871 bits per heavy atom. The van der Waals surface area contributed by atoms with E-state index in [4.69, 9.17) is 8.85 Å². The molecular weight excluding hydrogens is 418 g/mol. The number of rotatable bonds is 8. The summed E-state index contributed by atoms with van der Waals surface area (Å²) in [5.74, 6) is 0.275. The highest BCUT2D eigenvalue weighted by atomic mass is 28.4. The summed E-state index contributed by atoms with van der Waals surface area (Å²) in [5, 5.41) is 0.402. The maximum Gasteiger partial charge on any atom is 0.250 e. The molecule has 2 rings (SSSR count). The molecule has 0 aromatic carbocycles. The molecule has 2 aliphatic heterocycles. The second-order valence-electron chi connectivity index (χ2n) is 12.7. The first-order valence-corrected chi connectivity index (χ1v) is 18.2. The molecule has 180 valence electrons. The Hall–Kier alpha value is -0.436. The Balaban J connectivity index is 2.13. The SMILES string of the molecule is CC(C)(C)[Si](C)(C)OCCC1=C(CCO[Si](C)(C)C(C)(C)C)C(=O)N2CCCCC2C1. The van der Waals surface area contributed by atoms with Crippen LogP contribution in [0.2, 0.25) is 36.3 Å². The molecule has 1 fully saturated rings. The number of hydrogen-bond donors (Lipinski definition) is 0. The molecule has 0 N–H and O–H groups in total. The molecule has 4 nitrogen and oxygen atoms in total. The average Bonchev–Trinajstić information content (AvgIpc) is 2.62. The van der Waals surface area contributed by atoms with Gasteiger partial charge in [0.25, 0.3) is 0 Å². The Kier molecular flexibility index (Phi) is 8.49. The summed E-state index contributed by atoms with van der Waals surface area (Å²) in [6.45, 7) is 25.2. The van der Waals surface area contributed by atoms with Crippen LogP contribution >= 0.6 is 0 Å². The highest BCUT2D eigenvalue weighted by molar-refractivity contribution is 6.74. The van der Waals surface area contributed by atoms with Gasteiger partial charge in [-0.3, -0.25) is 4.79 Å². The second-order valence-corrected chi connectivity index (χ2v) is 22.3. The molecule has 1 unspecified atom stereocenters. The van der Waals surface area contributed by atoms with Crippen molar-refractivity contribution in [1.29, 1.82) is 0 Å². The number of amides is 1. The smallest absolute Gasteiger partial charge is 0.250 e. The van der Waals surface area contributed by atoms with Crippen LogP contribution in [0.25, 0.3) is 0 Å². The summed E-state index contributed by atoms with van der Waals surface area (Å²) in [6.07, 6.45) is 6.18. The van der Waals surface area contributed by atoms with Crippen molar-refractivity contribution in [3.63, 3.8) is 0 Å². The second kappa shape index (κ2) is 9.82. The third-order valence-electron chi connectivity index (χ3n) is 8.35. The van der Waals surface area contributed by atoms with Crippen molar-refractivity contribution < 1.29 is 13.6 Å². The Morgan fingerprint density at radius 3 is 1.90 bits per heavy atom. The fourth-order valence-corrected chi connectivity index (χ4v) is 6.11. The van der Waals surface area contributed by atoms with Crippen LogP contribution in [-0.2, 0) is 13.6 Å². The van der Waals surface area contributed by atoms with Crippen molar-refractivity contribution >= 4 is 22.5 Å². The molecule has 0 spiro atoms. The van der Waals surface area contributed by atoms with Gasteiger partial charge in [0.15, 0.2) is 16.6 Å². The maximum absolute atomic E-state index is 13.4. The van der Waals surface area contributed by atoms with Crippen LogP contribution < -0.4 is 0 Å². The van der Waals surface area contributed by atoms with E-state index in [2.05, 4.69) is 72.6 Å². The lowest BCUT2D eigenvalue weighted by Crippen LogP contribution is -2.48. The van der Waals surface area contributed by atoms with Crippen LogP contribution in [-0.4, -0.2) is 53.2 Å². The van der Waals surface area contributed by atoms with E-state index in [0.29, 0.717) is 12.6 Å². The zero-order chi connectivity index (χ0) is 23.7. The Morgan fingerprint density at radius 2 is 1.39 bits per heavy atom. The number of hydrogen-bond acceptors (Lipinski definition) is 3. The van der Waals surface area contributed by atoms with Gasteiger partial charge in [-0.2, -0.15) is 0 Å². The predicted molar refractivity (Wildman–Crippen MR) is 137 cm³/mol. The summed E-state index contributed by atoms with van der Waals surface area (Å²) in [6, 6.07) is 0.397. The molecule has 0 aromatic rings. The van der Waals surface area contributed by atoms with Crippen molar-refractivity contribution in [2.24, 2.45) is 0 Å². The number of piperidine rings is 1. The van der Waals surface area contributed by atoms with Crippen LogP contribution in [0.15, 0.2) is 11.1 Å². The highest BCUT2D eigenvalue weighted by Gasteiger charge is 2.40. The van der Waals surface area contributed by atoms with Crippen LogP contribution in [0.4, 0.5) is 0 Å². The standard InChI is InChI=1S/C25H49NO3Si2/c1-24(2,3)30(7,8)28-17-14-20-19-21-13-11-12-16-26(21)23(27)22(20)15-18-29-31(9,10)25(4,5)6/h21H,11-19H2,1-10H3. The Bertz CT molecular complexity index is 671. The molecule has 6 heteroatoms.